The van der Waals surface area contributed by atoms with Gasteiger partial charge in [0.05, 0.1) is 13.2 Å². The Hall–Kier alpha value is -2.83. The standard InChI is InChI=1S/C17H19N5O2/c1-3-24-13-5-4-12-8-15(18-14(12)9-13)17(23)21-6-7-22-11(2)19-20-16(22)10-21/h4-5,8-9,18H,3,6-7,10H2,1-2H3. The lowest BCUT2D eigenvalue weighted by molar-refractivity contribution is 0.0701. The van der Waals surface area contributed by atoms with E-state index in [0.717, 1.165) is 34.8 Å². The molecule has 0 atom stereocenters. The van der Waals surface area contributed by atoms with Crippen LogP contribution in [0.1, 0.15) is 29.1 Å². The van der Waals surface area contributed by atoms with Crippen molar-refractivity contribution < 1.29 is 9.53 Å². The zero-order valence-corrected chi connectivity index (χ0v) is 13.7. The summed E-state index contributed by atoms with van der Waals surface area (Å²) in [5.41, 5.74) is 1.49. The van der Waals surface area contributed by atoms with E-state index in [-0.39, 0.29) is 5.91 Å². The molecule has 1 aromatic carbocycles. The number of fused-ring (bicyclic) bond motifs is 2. The molecule has 1 N–H and O–H groups in total. The summed E-state index contributed by atoms with van der Waals surface area (Å²) in [6.07, 6.45) is 0. The van der Waals surface area contributed by atoms with Crippen LogP contribution in [-0.4, -0.2) is 43.7 Å². The molecule has 0 unspecified atom stereocenters. The van der Waals surface area contributed by atoms with Gasteiger partial charge in [-0.2, -0.15) is 0 Å². The zero-order valence-electron chi connectivity index (χ0n) is 13.7. The number of hydrogen-bond acceptors (Lipinski definition) is 4. The third-order valence-corrected chi connectivity index (χ3v) is 4.36. The Morgan fingerprint density at radius 1 is 1.29 bits per heavy atom. The summed E-state index contributed by atoms with van der Waals surface area (Å²) >= 11 is 0. The molecule has 1 amide bonds. The van der Waals surface area contributed by atoms with Gasteiger partial charge < -0.3 is 19.2 Å². The molecule has 2 aromatic heterocycles. The monoisotopic (exact) mass is 325 g/mol. The number of carbonyl (C=O) groups excluding carboxylic acids is 1. The number of aryl methyl sites for hydroxylation is 1. The molecule has 4 rings (SSSR count). The maximum Gasteiger partial charge on any atom is 0.270 e. The van der Waals surface area contributed by atoms with Crippen LogP contribution in [0.15, 0.2) is 24.3 Å². The first-order chi connectivity index (χ1) is 11.7. The minimum Gasteiger partial charge on any atom is -0.494 e. The van der Waals surface area contributed by atoms with E-state index in [4.69, 9.17) is 4.74 Å². The Morgan fingerprint density at radius 3 is 3.00 bits per heavy atom. The van der Waals surface area contributed by atoms with Crippen molar-refractivity contribution in [3.8, 4) is 5.75 Å². The molecule has 0 radical (unpaired) electrons. The SMILES string of the molecule is CCOc1ccc2cc(C(=O)N3CCn4c(C)nnc4C3)[nH]c2c1. The van der Waals surface area contributed by atoms with Gasteiger partial charge in [-0.05, 0) is 32.0 Å². The molecular weight excluding hydrogens is 306 g/mol. The lowest BCUT2D eigenvalue weighted by atomic mass is 10.2. The number of nitrogens with one attached hydrogen (secondary N) is 1. The second-order valence-corrected chi connectivity index (χ2v) is 5.91. The maximum atomic E-state index is 12.8. The number of carbonyl (C=O) groups is 1. The number of aromatic amines is 1. The fraction of sp³-hybridized carbons (Fsp3) is 0.353. The molecule has 0 aliphatic carbocycles. The van der Waals surface area contributed by atoms with Gasteiger partial charge in [0.25, 0.3) is 5.91 Å². The molecule has 24 heavy (non-hydrogen) atoms. The van der Waals surface area contributed by atoms with Crippen LogP contribution < -0.4 is 4.74 Å². The first-order valence-electron chi connectivity index (χ1n) is 8.09. The highest BCUT2D eigenvalue weighted by Crippen LogP contribution is 2.23. The van der Waals surface area contributed by atoms with Gasteiger partial charge in [0.15, 0.2) is 5.82 Å². The van der Waals surface area contributed by atoms with Crippen LogP contribution in [0.3, 0.4) is 0 Å². The molecule has 1 aliphatic heterocycles. The topological polar surface area (TPSA) is 76.0 Å². The quantitative estimate of drug-likeness (QED) is 0.800. The van der Waals surface area contributed by atoms with Gasteiger partial charge in [-0.3, -0.25) is 4.79 Å². The summed E-state index contributed by atoms with van der Waals surface area (Å²) < 4.78 is 7.57. The van der Waals surface area contributed by atoms with Crippen molar-refractivity contribution in [1.82, 2.24) is 24.6 Å². The van der Waals surface area contributed by atoms with Crippen molar-refractivity contribution in [1.29, 1.82) is 0 Å². The van der Waals surface area contributed by atoms with E-state index in [9.17, 15) is 4.79 Å². The summed E-state index contributed by atoms with van der Waals surface area (Å²) in [5, 5.41) is 9.23. The number of benzene rings is 1. The lowest BCUT2D eigenvalue weighted by Gasteiger charge is -2.27. The highest BCUT2D eigenvalue weighted by atomic mass is 16.5. The highest BCUT2D eigenvalue weighted by Gasteiger charge is 2.25. The van der Waals surface area contributed by atoms with Gasteiger partial charge >= 0.3 is 0 Å². The third-order valence-electron chi connectivity index (χ3n) is 4.36. The van der Waals surface area contributed by atoms with Crippen LogP contribution in [0.4, 0.5) is 0 Å². The number of amides is 1. The molecule has 0 fully saturated rings. The Balaban J connectivity index is 1.59. The predicted molar refractivity (Wildman–Crippen MR) is 89.0 cm³/mol. The molecular formula is C17H19N5O2. The van der Waals surface area contributed by atoms with Crippen LogP contribution in [0, 0.1) is 6.92 Å². The first kappa shape index (κ1) is 14.7. The van der Waals surface area contributed by atoms with Crippen molar-refractivity contribution in [3.63, 3.8) is 0 Å². The lowest BCUT2D eigenvalue weighted by Crippen LogP contribution is -2.38. The van der Waals surface area contributed by atoms with Gasteiger partial charge in [0.1, 0.15) is 17.3 Å². The molecule has 0 saturated carbocycles. The van der Waals surface area contributed by atoms with E-state index < -0.39 is 0 Å². The summed E-state index contributed by atoms with van der Waals surface area (Å²) in [5.74, 6) is 2.51. The van der Waals surface area contributed by atoms with E-state index >= 15 is 0 Å². The van der Waals surface area contributed by atoms with Crippen LogP contribution in [0.25, 0.3) is 10.9 Å². The van der Waals surface area contributed by atoms with E-state index in [1.807, 2.05) is 38.1 Å². The maximum absolute atomic E-state index is 12.8. The third kappa shape index (κ3) is 2.42. The van der Waals surface area contributed by atoms with Crippen LogP contribution >= 0.6 is 0 Å². The number of ether oxygens (including phenoxy) is 1. The zero-order chi connectivity index (χ0) is 16.7. The summed E-state index contributed by atoms with van der Waals surface area (Å²) in [4.78, 5) is 17.8. The Morgan fingerprint density at radius 2 is 2.17 bits per heavy atom. The van der Waals surface area contributed by atoms with Crippen molar-refractivity contribution in [2.75, 3.05) is 13.2 Å². The van der Waals surface area contributed by atoms with Gasteiger partial charge in [0, 0.05) is 30.1 Å². The highest BCUT2D eigenvalue weighted by molar-refractivity contribution is 5.98. The average molecular weight is 325 g/mol. The van der Waals surface area contributed by atoms with Crippen molar-refractivity contribution in [2.45, 2.75) is 26.9 Å². The van der Waals surface area contributed by atoms with Gasteiger partial charge in [-0.25, -0.2) is 0 Å². The normalized spacial score (nSPS) is 14.0. The molecule has 0 spiro atoms. The van der Waals surface area contributed by atoms with Gasteiger partial charge in [-0.15, -0.1) is 10.2 Å². The molecule has 0 saturated heterocycles. The van der Waals surface area contributed by atoms with Crippen LogP contribution in [0.5, 0.6) is 5.75 Å². The van der Waals surface area contributed by atoms with Gasteiger partial charge in [-0.1, -0.05) is 0 Å². The second-order valence-electron chi connectivity index (χ2n) is 5.91. The fourth-order valence-electron chi connectivity index (χ4n) is 3.12. The van der Waals surface area contributed by atoms with E-state index in [0.29, 0.717) is 25.4 Å². The molecule has 0 bridgehead atoms. The predicted octanol–water partition coefficient (Wildman–Crippen LogP) is 2.12. The summed E-state index contributed by atoms with van der Waals surface area (Å²) in [7, 11) is 0. The van der Waals surface area contributed by atoms with Crippen molar-refractivity contribution in [3.05, 3.63) is 41.6 Å². The number of H-pyrrole nitrogens is 1. The minimum atomic E-state index is -0.0175. The largest absolute Gasteiger partial charge is 0.494 e. The fourth-order valence-corrected chi connectivity index (χ4v) is 3.12. The van der Waals surface area contributed by atoms with Crippen molar-refractivity contribution in [2.24, 2.45) is 0 Å². The molecule has 124 valence electrons. The molecule has 3 heterocycles. The number of rotatable bonds is 3. The Labute approximate surface area is 139 Å². The van der Waals surface area contributed by atoms with Gasteiger partial charge in [0.2, 0.25) is 0 Å². The number of aromatic nitrogens is 4. The van der Waals surface area contributed by atoms with E-state index in [2.05, 4.69) is 19.7 Å². The van der Waals surface area contributed by atoms with E-state index in [1.54, 1.807) is 4.90 Å². The van der Waals surface area contributed by atoms with Crippen molar-refractivity contribution >= 4 is 16.8 Å². The summed E-state index contributed by atoms with van der Waals surface area (Å²) in [6, 6.07) is 7.69. The molecule has 7 nitrogen and oxygen atoms in total. The Bertz CT molecular complexity index is 911. The van der Waals surface area contributed by atoms with Crippen LogP contribution in [0.2, 0.25) is 0 Å². The summed E-state index contributed by atoms with van der Waals surface area (Å²) in [6.45, 7) is 6.37. The second kappa shape index (κ2) is 5.67. The molecule has 3 aromatic rings. The number of nitrogens with zero attached hydrogens (tertiary/aromatic N) is 4. The van der Waals surface area contributed by atoms with Crippen LogP contribution in [-0.2, 0) is 13.1 Å². The number of hydrogen-bond donors (Lipinski definition) is 1. The Kier molecular flexibility index (Phi) is 3.48. The van der Waals surface area contributed by atoms with E-state index in [1.165, 1.54) is 0 Å². The molecule has 1 aliphatic rings. The minimum absolute atomic E-state index is 0.0175. The smallest absolute Gasteiger partial charge is 0.270 e. The first-order valence-corrected chi connectivity index (χ1v) is 8.09. The molecule has 7 heteroatoms. The average Bonchev–Trinajstić information content (AvgIpc) is 3.17.